The van der Waals surface area contributed by atoms with Crippen LogP contribution in [-0.2, 0) is 48.6 Å². The summed E-state index contributed by atoms with van der Waals surface area (Å²) >= 11 is 18.2. The number of alkyl halides is 1. The number of ketones is 3. The molecule has 0 saturated carbocycles. The number of amides is 2. The Balaban J connectivity index is -0.000000116. The number of nitrogens with zero attached hydrogens (tertiary/aromatic N) is 8. The predicted octanol–water partition coefficient (Wildman–Crippen LogP) is 4.93. The number of aliphatic hydroxyl groups is 2. The number of pyridine rings is 6. The summed E-state index contributed by atoms with van der Waals surface area (Å²) < 4.78 is 82.8. The van der Waals surface area contributed by atoms with E-state index in [1.54, 1.807) is 44.4 Å². The normalized spacial score (nSPS) is 9.35. The third-order valence-electron chi connectivity index (χ3n) is 9.54. The van der Waals surface area contributed by atoms with Gasteiger partial charge in [0.1, 0.15) is 70.1 Å². The van der Waals surface area contributed by atoms with Crippen molar-refractivity contribution in [3.05, 3.63) is 144 Å². The number of nitrogens with two attached hydrogens (primary N) is 3. The maximum absolute atomic E-state index is 11.6. The SMILES string of the molecule is BrBr.C1CCOC1.CC(C)=O.CCO.CO.COC(=O)c1nc(Br)ccc1O.COC(=O)c1nc(Br)ccc1OC.COC(=O)c1ncccc1O.COc1ccc(Br)nc1-c1cc(C)nc(N)n1.COc1ccc(Br)nc1C(=O)CC(C)=O.C[O-].NC(N)=O.O.O=C(O)c1ncccc1O.O=COO.O=S(=O)(O)O.[2H]CF.[HH].[Na+]. The van der Waals surface area contributed by atoms with Crippen LogP contribution in [0.15, 0.2) is 110 Å². The molecule has 41 nitrogen and oxygen atoms in total. The zero-order valence-electron chi connectivity index (χ0n) is 63.7. The van der Waals surface area contributed by atoms with Crippen molar-refractivity contribution in [2.45, 2.75) is 53.9 Å². The second-order valence-electron chi connectivity index (χ2n) is 17.7. The second-order valence-corrected chi connectivity index (χ2v) is 21.9. The van der Waals surface area contributed by atoms with Gasteiger partial charge in [0, 0.05) is 74.7 Å². The number of nitrogen functional groups attached to an aromatic ring is 1. The minimum absolute atomic E-state index is 0. The maximum atomic E-state index is 11.6. The van der Waals surface area contributed by atoms with Crippen LogP contribution in [0.1, 0.15) is 108 Å². The van der Waals surface area contributed by atoms with E-state index in [0.717, 1.165) is 33.1 Å². The topological polar surface area (TPSA) is 679 Å². The van der Waals surface area contributed by atoms with Gasteiger partial charge in [0.2, 0.25) is 5.95 Å². The van der Waals surface area contributed by atoms with E-state index in [9.17, 15) is 38.0 Å². The van der Waals surface area contributed by atoms with E-state index in [1.807, 2.05) is 19.1 Å². The first-order chi connectivity index (χ1) is 52.6. The van der Waals surface area contributed by atoms with E-state index in [-0.39, 0.29) is 125 Å². The van der Waals surface area contributed by atoms with Crippen molar-refractivity contribution in [3.63, 3.8) is 0 Å². The smallest absolute Gasteiger partial charge is 0.857 e. The van der Waals surface area contributed by atoms with Gasteiger partial charge in [-0.15, -0.1) is 0 Å². The molecule has 0 aromatic carbocycles. The Morgan fingerprint density at radius 3 is 1.27 bits per heavy atom. The summed E-state index contributed by atoms with van der Waals surface area (Å²) in [7, 11) is 4.35. The first-order valence-corrected chi connectivity index (χ1v) is 37.3. The molecule has 8 rings (SSSR count). The van der Waals surface area contributed by atoms with Gasteiger partial charge in [-0.25, -0.2) is 69.1 Å². The van der Waals surface area contributed by atoms with E-state index >= 15 is 0 Å². The summed E-state index contributed by atoms with van der Waals surface area (Å²) in [6.45, 7) is 10.1. The zero-order valence-corrected chi connectivity index (χ0v) is 75.1. The van der Waals surface area contributed by atoms with Crippen LogP contribution in [0, 0.1) is 6.92 Å². The Labute approximate surface area is 722 Å². The van der Waals surface area contributed by atoms with Crippen LogP contribution in [0.2, 0.25) is 0 Å². The average Bonchev–Trinajstić information content (AvgIpc) is 0.931. The van der Waals surface area contributed by atoms with Gasteiger partial charge in [0.25, 0.3) is 0 Å². The van der Waals surface area contributed by atoms with Crippen molar-refractivity contribution < 1.29 is 182 Å². The maximum Gasteiger partial charge on any atom is 1.00 e. The number of carboxylic acid groups (broad SMARTS) is 1. The third-order valence-corrected chi connectivity index (χ3v) is 11.3. The molecule has 1 saturated heterocycles. The molecule has 8 heterocycles. The number of carbonyl (C=O) groups is 9. The number of hydrogen-bond donors (Lipinski definition) is 12. The standard InChI is InChI=1S/C11H11BrN4O.C10H10BrNO3.C8H8BrNO3.C7H6BrNO3.C7H7NO3.C6H5NO3.C4H8O.C3H6O.C2H6O.CH3F.CH4N2O.CH2O3.CH4O.CH3O.Br2.Na.H2O4S.H2O.H2/c1-6-5-7(15-11(13)14-6)10-8(17-2)3-4-9(12)16-10;1-6(13)5-7(14)10-8(15-2)3-4-9(11)12-10;1-12-5-3-4-6(9)10-7(5)8(11)13-2;1-12-7(11)6-4(10)2-3-5(8)9-6;1-11-7(10)6-5(9)3-2-4-8-6;8-4-2-1-3-7-5(4)6(9)10;1-2-4-5-3-1;1-3(2)4;1-2-3;1-2;2-1(3)4;2-1-4-3;3*1-2;;1-5(2,3)4;;/h3-5H,1-2H3,(H2,13,14,15);3-4H,5H2,1-2H3;3-4H,1-2H3;2-3,10H,1H3;2-4,9H,1H3;1-3,8H,(H,9,10);1-4H2;1-2H3;3H,2H2,1H3;1H3;(H4,2,3,4);1,3H;2H,1H3;1H3;;;(H2,1,2,3,4);1H2;1H/q;;;;;;;;;;;;;-1;;+1;;;/i;;;;;;;;;1D;;;;;;;;;. The molecule has 0 radical (unpaired) electrons. The molecular weight excluding hydrogens is 1940 g/mol. The molecule has 0 atom stereocenters. The Bertz CT molecular complexity index is 3910. The number of aromatic carboxylic acids is 1. The van der Waals surface area contributed by atoms with E-state index < -0.39 is 47.5 Å². The first-order valence-electron chi connectivity index (χ1n) is 29.7. The third kappa shape index (κ3) is 70.0. The number of aryl methyl sites for hydroxylation is 1. The van der Waals surface area contributed by atoms with Gasteiger partial charge in [-0.05, 0) is 190 Å². The van der Waals surface area contributed by atoms with Crippen LogP contribution in [0.4, 0.5) is 15.1 Å². The van der Waals surface area contributed by atoms with Crippen molar-refractivity contribution in [1.29, 1.82) is 0 Å². The fourth-order valence-electron chi connectivity index (χ4n) is 5.81. The number of halogens is 7. The van der Waals surface area contributed by atoms with Gasteiger partial charge in [-0.3, -0.25) is 27.9 Å². The summed E-state index contributed by atoms with van der Waals surface area (Å²) in [6, 6.07) is 19.8. The molecule has 1 aliphatic rings. The van der Waals surface area contributed by atoms with Crippen molar-refractivity contribution in [3.8, 4) is 45.9 Å². The number of methoxy groups -OCH3 is 6. The first kappa shape index (κ1) is 123. The number of rotatable bonds is 12. The number of esters is 3. The van der Waals surface area contributed by atoms with E-state index in [2.05, 4.69) is 162 Å². The summed E-state index contributed by atoms with van der Waals surface area (Å²) in [5, 5.41) is 65.2. The number of aliphatic hydroxyl groups excluding tert-OH is 2. The van der Waals surface area contributed by atoms with Crippen LogP contribution in [0.5, 0.6) is 34.5 Å². The Hall–Kier alpha value is -8.35. The van der Waals surface area contributed by atoms with Gasteiger partial charge < -0.3 is 101 Å². The number of anilines is 1. The monoisotopic (exact) mass is 2030 g/mol. The number of aromatic hydroxyl groups is 3. The summed E-state index contributed by atoms with van der Waals surface area (Å²) in [6.07, 6.45) is 5.12. The number of urea groups is 1. The summed E-state index contributed by atoms with van der Waals surface area (Å²) in [5.41, 5.74) is 16.1. The van der Waals surface area contributed by atoms with E-state index in [1.165, 1.54) is 118 Å². The van der Waals surface area contributed by atoms with Crippen LogP contribution >= 0.6 is 92.0 Å². The van der Waals surface area contributed by atoms with Gasteiger partial charge in [-0.2, -0.15) is 15.5 Å². The number of ether oxygens (including phenoxy) is 7. The number of carbonyl (C=O) groups excluding carboxylic acids is 8. The van der Waals surface area contributed by atoms with Crippen LogP contribution in [-0.4, -0.2) is 236 Å². The fraction of sp³-hybridized carbons (Fsp3) is 0.317. The molecule has 2 amide bonds. The average molecular weight is 2030 g/mol. The Kier molecular flexibility index (Phi) is 87.3. The van der Waals surface area contributed by atoms with E-state index in [0.29, 0.717) is 47.0 Å². The molecule has 113 heavy (non-hydrogen) atoms. The molecule has 1 fully saturated rings. The fourth-order valence-corrected chi connectivity index (χ4v) is 7.05. The number of hydrogen-bond acceptors (Lipinski definition) is 35. The minimum atomic E-state index is -4.67. The molecule has 7 aromatic rings. The van der Waals surface area contributed by atoms with Crippen LogP contribution < -0.4 is 66.1 Å². The summed E-state index contributed by atoms with van der Waals surface area (Å²) in [5.74, 6) is -2.41. The predicted molar refractivity (Wildman–Crippen MR) is 423 cm³/mol. The molecule has 0 unspecified atom stereocenters. The van der Waals surface area contributed by atoms with Gasteiger partial charge in [0.15, 0.2) is 34.3 Å². The van der Waals surface area contributed by atoms with Crippen molar-refractivity contribution in [1.82, 2.24) is 39.9 Å². The van der Waals surface area contributed by atoms with Crippen LogP contribution in [0.3, 0.4) is 0 Å². The number of aromatic nitrogens is 8. The van der Waals surface area contributed by atoms with E-state index in [4.69, 9.17) is 94.2 Å². The summed E-state index contributed by atoms with van der Waals surface area (Å²) in [4.78, 5) is 127. The van der Waals surface area contributed by atoms with Crippen molar-refractivity contribution >= 4 is 162 Å². The Morgan fingerprint density at radius 1 is 0.637 bits per heavy atom. The number of carboxylic acids is 1. The molecular formula is C63H89Br6FN11NaO30S. The van der Waals surface area contributed by atoms with Gasteiger partial charge in [-0.1, -0.05) is 0 Å². The van der Waals surface area contributed by atoms with Crippen LogP contribution in [0.25, 0.3) is 11.4 Å². The molecule has 0 bridgehead atoms. The van der Waals surface area contributed by atoms with Crippen molar-refractivity contribution in [2.24, 2.45) is 11.5 Å². The molecule has 7 aromatic heterocycles. The number of Topliss-reactive ketones (excluding diaryl/α,β-unsaturated/α-hetero) is 3. The second kappa shape index (κ2) is 80.3. The number of primary amides is 2. The molecule has 0 spiro atoms. The molecule has 1 aliphatic heterocycles. The molecule has 0 aliphatic carbocycles. The zero-order chi connectivity index (χ0) is 88.7. The largest absolute Gasteiger partial charge is 1.00 e. The molecule has 632 valence electrons. The Morgan fingerprint density at radius 2 is 0.956 bits per heavy atom. The van der Waals surface area contributed by atoms with Crippen molar-refractivity contribution in [2.75, 3.05) is 89.6 Å². The minimum Gasteiger partial charge on any atom is -0.857 e. The quantitative estimate of drug-likeness (QED) is 0.00737. The molecule has 50 heteroatoms. The molecule has 17 N–H and O–H groups in total. The van der Waals surface area contributed by atoms with Gasteiger partial charge in [0.05, 0.1) is 63.3 Å². The van der Waals surface area contributed by atoms with Gasteiger partial charge >= 0.3 is 76.3 Å².